The quantitative estimate of drug-likeness (QED) is 0.796. The normalized spacial score (nSPS) is 22.2. The predicted molar refractivity (Wildman–Crippen MR) is 86.4 cm³/mol. The molecule has 0 saturated heterocycles. The molecule has 0 N–H and O–H groups in total. The van der Waals surface area contributed by atoms with Crippen LogP contribution in [0.25, 0.3) is 0 Å². The molecule has 1 heteroatoms. The Labute approximate surface area is 127 Å². The molecule has 1 fully saturated rings. The molecule has 0 amide bonds. The maximum absolute atomic E-state index is 12.2. The highest BCUT2D eigenvalue weighted by molar-refractivity contribution is 5.82. The molecular formula is C20H22O. The molecule has 1 aliphatic carbocycles. The van der Waals surface area contributed by atoms with Crippen LogP contribution < -0.4 is 0 Å². The maximum atomic E-state index is 12.2. The lowest BCUT2D eigenvalue weighted by atomic mass is 9.75. The number of ketones is 1. The Morgan fingerprint density at radius 3 is 2.43 bits per heavy atom. The predicted octanol–water partition coefficient (Wildman–Crippen LogP) is 4.69. The average Bonchev–Trinajstić information content (AvgIpc) is 2.52. The second-order valence-corrected chi connectivity index (χ2v) is 6.23. The van der Waals surface area contributed by atoms with Crippen LogP contribution in [0.3, 0.4) is 0 Å². The standard InChI is InChI=1S/C20H22O/c1-15-7-9-16(10-8-15)13-19-14-18(11-12-20(19)21)17-5-3-2-4-6-17/h2-10,18-19H,11-14H2,1H3. The third-order valence-corrected chi connectivity index (χ3v) is 4.64. The van der Waals surface area contributed by atoms with Crippen LogP contribution in [0.1, 0.15) is 41.9 Å². The van der Waals surface area contributed by atoms with Crippen LogP contribution in [0.5, 0.6) is 0 Å². The van der Waals surface area contributed by atoms with E-state index < -0.39 is 0 Å². The fourth-order valence-corrected chi connectivity index (χ4v) is 3.35. The number of Topliss-reactive ketones (excluding diaryl/α,β-unsaturated/α-hetero) is 1. The Morgan fingerprint density at radius 1 is 1.00 bits per heavy atom. The van der Waals surface area contributed by atoms with Crippen molar-refractivity contribution in [3.8, 4) is 0 Å². The SMILES string of the molecule is Cc1ccc(CC2CC(c3ccccc3)CCC2=O)cc1. The lowest BCUT2D eigenvalue weighted by Crippen LogP contribution is -2.25. The first-order chi connectivity index (χ1) is 10.2. The lowest BCUT2D eigenvalue weighted by molar-refractivity contribution is -0.124. The van der Waals surface area contributed by atoms with Crippen LogP contribution in [0, 0.1) is 12.8 Å². The third-order valence-electron chi connectivity index (χ3n) is 4.64. The van der Waals surface area contributed by atoms with Crippen molar-refractivity contribution in [2.24, 2.45) is 5.92 Å². The van der Waals surface area contributed by atoms with Gasteiger partial charge >= 0.3 is 0 Å². The molecule has 2 aromatic rings. The van der Waals surface area contributed by atoms with Gasteiger partial charge in [-0.1, -0.05) is 60.2 Å². The molecule has 2 unspecified atom stereocenters. The highest BCUT2D eigenvalue weighted by atomic mass is 16.1. The van der Waals surface area contributed by atoms with E-state index in [0.717, 1.165) is 25.7 Å². The Balaban J connectivity index is 1.72. The Hall–Kier alpha value is -1.89. The molecular weight excluding hydrogens is 256 g/mol. The molecule has 3 rings (SSSR count). The molecule has 1 aliphatic rings. The van der Waals surface area contributed by atoms with E-state index in [1.54, 1.807) is 0 Å². The van der Waals surface area contributed by atoms with Gasteiger partial charge in [-0.2, -0.15) is 0 Å². The van der Waals surface area contributed by atoms with Crippen molar-refractivity contribution in [2.45, 2.75) is 38.5 Å². The van der Waals surface area contributed by atoms with Crippen molar-refractivity contribution in [1.29, 1.82) is 0 Å². The minimum atomic E-state index is 0.187. The second kappa shape index (κ2) is 6.26. The Morgan fingerprint density at radius 2 is 1.71 bits per heavy atom. The lowest BCUT2D eigenvalue weighted by Gasteiger charge is -2.28. The van der Waals surface area contributed by atoms with Crippen LogP contribution in [-0.4, -0.2) is 5.78 Å². The highest BCUT2D eigenvalue weighted by Gasteiger charge is 2.29. The number of hydrogen-bond acceptors (Lipinski definition) is 1. The van der Waals surface area contributed by atoms with E-state index in [9.17, 15) is 4.79 Å². The van der Waals surface area contributed by atoms with Crippen molar-refractivity contribution in [3.05, 3.63) is 71.3 Å². The van der Waals surface area contributed by atoms with Crippen LogP contribution in [-0.2, 0) is 11.2 Å². The molecule has 2 aromatic carbocycles. The zero-order valence-electron chi connectivity index (χ0n) is 12.6. The minimum Gasteiger partial charge on any atom is -0.299 e. The van der Waals surface area contributed by atoms with Gasteiger partial charge in [0.15, 0.2) is 0 Å². The smallest absolute Gasteiger partial charge is 0.136 e. The van der Waals surface area contributed by atoms with E-state index in [1.807, 2.05) is 0 Å². The summed E-state index contributed by atoms with van der Waals surface area (Å²) in [4.78, 5) is 12.2. The Kier molecular flexibility index (Phi) is 4.19. The summed E-state index contributed by atoms with van der Waals surface area (Å²) in [5.74, 6) is 1.17. The number of rotatable bonds is 3. The monoisotopic (exact) mass is 278 g/mol. The van der Waals surface area contributed by atoms with Gasteiger partial charge in [-0.3, -0.25) is 4.79 Å². The third kappa shape index (κ3) is 3.41. The van der Waals surface area contributed by atoms with Gasteiger partial charge in [0.05, 0.1) is 0 Å². The molecule has 21 heavy (non-hydrogen) atoms. The topological polar surface area (TPSA) is 17.1 Å². The van der Waals surface area contributed by atoms with E-state index >= 15 is 0 Å². The van der Waals surface area contributed by atoms with Crippen molar-refractivity contribution in [3.63, 3.8) is 0 Å². The molecule has 0 bridgehead atoms. The number of carbonyl (C=O) groups is 1. The molecule has 0 aromatic heterocycles. The van der Waals surface area contributed by atoms with E-state index in [1.165, 1.54) is 16.7 Å². The largest absolute Gasteiger partial charge is 0.299 e. The zero-order chi connectivity index (χ0) is 14.7. The van der Waals surface area contributed by atoms with Crippen LogP contribution in [0.15, 0.2) is 54.6 Å². The summed E-state index contributed by atoms with van der Waals surface area (Å²) in [6, 6.07) is 19.2. The van der Waals surface area contributed by atoms with Gasteiger partial charge in [0.1, 0.15) is 5.78 Å². The number of hydrogen-bond donors (Lipinski definition) is 0. The summed E-state index contributed by atoms with van der Waals surface area (Å²) in [7, 11) is 0. The van der Waals surface area contributed by atoms with Crippen LogP contribution in [0.4, 0.5) is 0 Å². The van der Waals surface area contributed by atoms with Gasteiger partial charge in [0.2, 0.25) is 0 Å². The molecule has 0 heterocycles. The van der Waals surface area contributed by atoms with Crippen molar-refractivity contribution >= 4 is 5.78 Å². The number of benzene rings is 2. The number of carbonyl (C=O) groups excluding carboxylic acids is 1. The van der Waals surface area contributed by atoms with Crippen LogP contribution in [0.2, 0.25) is 0 Å². The van der Waals surface area contributed by atoms with Gasteiger partial charge in [-0.25, -0.2) is 0 Å². The zero-order valence-corrected chi connectivity index (χ0v) is 12.6. The first-order valence-electron chi connectivity index (χ1n) is 7.85. The summed E-state index contributed by atoms with van der Waals surface area (Å²) in [5, 5.41) is 0. The van der Waals surface area contributed by atoms with E-state index in [2.05, 4.69) is 61.5 Å². The van der Waals surface area contributed by atoms with E-state index in [0.29, 0.717) is 11.7 Å². The molecule has 0 radical (unpaired) electrons. The summed E-state index contributed by atoms with van der Waals surface area (Å²) in [6.45, 7) is 2.10. The summed E-state index contributed by atoms with van der Waals surface area (Å²) < 4.78 is 0. The van der Waals surface area contributed by atoms with Gasteiger partial charge in [-0.15, -0.1) is 0 Å². The number of aryl methyl sites for hydroxylation is 1. The fourth-order valence-electron chi connectivity index (χ4n) is 3.35. The Bertz CT molecular complexity index is 597. The highest BCUT2D eigenvalue weighted by Crippen LogP contribution is 2.35. The van der Waals surface area contributed by atoms with Gasteiger partial charge in [0.25, 0.3) is 0 Å². The summed E-state index contributed by atoms with van der Waals surface area (Å²) in [6.07, 6.45) is 3.63. The van der Waals surface area contributed by atoms with Crippen molar-refractivity contribution in [2.75, 3.05) is 0 Å². The maximum Gasteiger partial charge on any atom is 0.136 e. The second-order valence-electron chi connectivity index (χ2n) is 6.23. The van der Waals surface area contributed by atoms with Gasteiger partial charge in [0, 0.05) is 12.3 Å². The van der Waals surface area contributed by atoms with Crippen molar-refractivity contribution < 1.29 is 4.79 Å². The average molecular weight is 278 g/mol. The van der Waals surface area contributed by atoms with Crippen molar-refractivity contribution in [1.82, 2.24) is 0 Å². The molecule has 1 nitrogen and oxygen atoms in total. The molecule has 0 aliphatic heterocycles. The first-order valence-corrected chi connectivity index (χ1v) is 7.85. The summed E-state index contributed by atoms with van der Waals surface area (Å²) in [5.41, 5.74) is 3.95. The van der Waals surface area contributed by atoms with Gasteiger partial charge in [-0.05, 0) is 43.2 Å². The molecule has 1 saturated carbocycles. The first kappa shape index (κ1) is 14.1. The minimum absolute atomic E-state index is 0.187. The molecule has 2 atom stereocenters. The molecule has 0 spiro atoms. The van der Waals surface area contributed by atoms with E-state index in [4.69, 9.17) is 0 Å². The van der Waals surface area contributed by atoms with Gasteiger partial charge < -0.3 is 0 Å². The fraction of sp³-hybridized carbons (Fsp3) is 0.350. The van der Waals surface area contributed by atoms with Crippen LogP contribution >= 0.6 is 0 Å². The molecule has 108 valence electrons. The van der Waals surface area contributed by atoms with E-state index in [-0.39, 0.29) is 5.92 Å². The summed E-state index contributed by atoms with van der Waals surface area (Å²) >= 11 is 0.